The van der Waals surface area contributed by atoms with E-state index in [2.05, 4.69) is 4.99 Å². The lowest BCUT2D eigenvalue weighted by Crippen LogP contribution is -2.45. The average molecular weight is 357 g/mol. The fourth-order valence-corrected chi connectivity index (χ4v) is 3.06. The topological polar surface area (TPSA) is 70.0 Å². The van der Waals surface area contributed by atoms with Gasteiger partial charge in [0, 0.05) is 16.8 Å². The Kier molecular flexibility index (Phi) is 4.97. The fraction of sp³-hybridized carbons (Fsp3) is 0.211. The van der Waals surface area contributed by atoms with Gasteiger partial charge in [0.15, 0.2) is 0 Å². The summed E-state index contributed by atoms with van der Waals surface area (Å²) in [6, 6.07) is 12.1. The van der Waals surface area contributed by atoms with Crippen LogP contribution in [0.15, 0.2) is 47.5 Å². The molecule has 1 aliphatic rings. The number of anilines is 1. The summed E-state index contributed by atoms with van der Waals surface area (Å²) >= 11 is 6.07. The van der Waals surface area contributed by atoms with Crippen LogP contribution >= 0.6 is 11.6 Å². The molecular formula is C19H17ClN2O3. The van der Waals surface area contributed by atoms with Gasteiger partial charge in [-0.25, -0.2) is 4.90 Å². The Bertz CT molecular complexity index is 863. The summed E-state index contributed by atoms with van der Waals surface area (Å²) in [6.45, 7) is 1.92. The number of benzene rings is 2. The summed E-state index contributed by atoms with van der Waals surface area (Å²) in [4.78, 5) is 31.3. The molecule has 0 fully saturated rings. The second-order valence-electron chi connectivity index (χ2n) is 5.75. The zero-order valence-corrected chi connectivity index (χ0v) is 14.4. The number of halogens is 1. The molecule has 1 atom stereocenters. The molecule has 5 nitrogen and oxygen atoms in total. The standard InChI is InChI=1S/C19H17ClN2O3/c1-12-6-7-13(20)10-17(12)22-18(24)15-5-3-2-4-14(15)16(19(22)25)11-21-8-9-23/h2-7,10-11,16,23H,8-9H2,1H3/t16-/m0/s1. The third kappa shape index (κ3) is 3.21. The minimum atomic E-state index is -0.682. The number of rotatable bonds is 4. The maximum atomic E-state index is 13.1. The summed E-state index contributed by atoms with van der Waals surface area (Å²) in [6.07, 6.45) is 1.50. The van der Waals surface area contributed by atoms with Gasteiger partial charge in [-0.15, -0.1) is 0 Å². The summed E-state index contributed by atoms with van der Waals surface area (Å²) in [5, 5.41) is 9.37. The number of aryl methyl sites for hydroxylation is 1. The van der Waals surface area contributed by atoms with E-state index in [1.54, 1.807) is 42.5 Å². The van der Waals surface area contributed by atoms with E-state index in [0.717, 1.165) is 5.56 Å². The van der Waals surface area contributed by atoms with E-state index in [0.29, 0.717) is 21.8 Å². The van der Waals surface area contributed by atoms with Gasteiger partial charge in [0.2, 0.25) is 5.91 Å². The fourth-order valence-electron chi connectivity index (χ4n) is 2.89. The van der Waals surface area contributed by atoms with Crippen molar-refractivity contribution in [1.29, 1.82) is 0 Å². The number of amides is 2. The quantitative estimate of drug-likeness (QED) is 0.676. The van der Waals surface area contributed by atoms with E-state index in [9.17, 15) is 9.59 Å². The highest BCUT2D eigenvalue weighted by Gasteiger charge is 2.39. The van der Waals surface area contributed by atoms with Crippen LogP contribution in [0.1, 0.15) is 27.4 Å². The number of hydrogen-bond donors (Lipinski definition) is 1. The van der Waals surface area contributed by atoms with Gasteiger partial charge in [0.25, 0.3) is 5.91 Å². The Balaban J connectivity index is 2.13. The molecule has 2 amide bonds. The maximum absolute atomic E-state index is 13.1. The van der Waals surface area contributed by atoms with E-state index < -0.39 is 5.92 Å². The molecule has 2 aromatic carbocycles. The first-order chi connectivity index (χ1) is 12.0. The third-order valence-corrected chi connectivity index (χ3v) is 4.35. The number of hydrogen-bond acceptors (Lipinski definition) is 4. The van der Waals surface area contributed by atoms with Gasteiger partial charge in [-0.05, 0) is 36.2 Å². The van der Waals surface area contributed by atoms with Crippen molar-refractivity contribution < 1.29 is 14.7 Å². The van der Waals surface area contributed by atoms with Crippen molar-refractivity contribution in [3.05, 3.63) is 64.2 Å². The number of aliphatic hydroxyl groups is 1. The average Bonchev–Trinajstić information content (AvgIpc) is 2.61. The van der Waals surface area contributed by atoms with Gasteiger partial charge < -0.3 is 5.11 Å². The molecule has 3 rings (SSSR count). The van der Waals surface area contributed by atoms with Crippen LogP contribution in [-0.4, -0.2) is 36.3 Å². The Morgan fingerprint density at radius 2 is 2.00 bits per heavy atom. The highest BCUT2D eigenvalue weighted by molar-refractivity contribution is 6.32. The third-order valence-electron chi connectivity index (χ3n) is 4.11. The van der Waals surface area contributed by atoms with Crippen LogP contribution in [-0.2, 0) is 4.79 Å². The lowest BCUT2D eigenvalue weighted by molar-refractivity contribution is -0.118. The second-order valence-corrected chi connectivity index (χ2v) is 6.19. The monoisotopic (exact) mass is 356 g/mol. The lowest BCUT2D eigenvalue weighted by Gasteiger charge is -2.31. The van der Waals surface area contributed by atoms with Gasteiger partial charge in [0.1, 0.15) is 0 Å². The van der Waals surface area contributed by atoms with E-state index in [1.807, 2.05) is 6.92 Å². The highest BCUT2D eigenvalue weighted by atomic mass is 35.5. The molecule has 128 valence electrons. The first-order valence-electron chi connectivity index (χ1n) is 7.88. The molecule has 2 aromatic rings. The molecule has 25 heavy (non-hydrogen) atoms. The van der Waals surface area contributed by atoms with Crippen molar-refractivity contribution in [2.45, 2.75) is 12.8 Å². The van der Waals surface area contributed by atoms with E-state index in [4.69, 9.17) is 16.7 Å². The van der Waals surface area contributed by atoms with E-state index >= 15 is 0 Å². The van der Waals surface area contributed by atoms with Crippen LogP contribution in [0, 0.1) is 6.92 Å². The molecule has 0 bridgehead atoms. The van der Waals surface area contributed by atoms with Crippen LogP contribution in [0.5, 0.6) is 0 Å². The number of nitrogens with zero attached hydrogens (tertiary/aromatic N) is 2. The first kappa shape index (κ1) is 17.3. The number of carbonyl (C=O) groups excluding carboxylic acids is 2. The van der Waals surface area contributed by atoms with Gasteiger partial charge >= 0.3 is 0 Å². The van der Waals surface area contributed by atoms with Crippen LogP contribution in [0.4, 0.5) is 5.69 Å². The highest BCUT2D eigenvalue weighted by Crippen LogP contribution is 2.34. The molecule has 0 radical (unpaired) electrons. The van der Waals surface area contributed by atoms with Crippen molar-refractivity contribution in [2.24, 2.45) is 4.99 Å². The molecule has 1 N–H and O–H groups in total. The van der Waals surface area contributed by atoms with Crippen molar-refractivity contribution in [3.8, 4) is 0 Å². The number of aliphatic hydroxyl groups excluding tert-OH is 1. The van der Waals surface area contributed by atoms with Crippen LogP contribution < -0.4 is 4.90 Å². The first-order valence-corrected chi connectivity index (χ1v) is 8.26. The molecule has 6 heteroatoms. The zero-order chi connectivity index (χ0) is 18.0. The number of aliphatic imine (C=N–C) groups is 1. The minimum absolute atomic E-state index is 0.102. The van der Waals surface area contributed by atoms with Crippen molar-refractivity contribution >= 4 is 35.3 Å². The minimum Gasteiger partial charge on any atom is -0.394 e. The molecule has 0 saturated heterocycles. The summed E-state index contributed by atoms with van der Waals surface area (Å²) < 4.78 is 0. The summed E-state index contributed by atoms with van der Waals surface area (Å²) in [5.41, 5.74) is 2.33. The predicted octanol–water partition coefficient (Wildman–Crippen LogP) is 2.98. The molecule has 0 unspecified atom stereocenters. The van der Waals surface area contributed by atoms with Crippen molar-refractivity contribution in [1.82, 2.24) is 0 Å². The number of fused-ring (bicyclic) bond motifs is 1. The molecule has 1 heterocycles. The molecule has 1 aliphatic heterocycles. The Hall–Kier alpha value is -2.50. The van der Waals surface area contributed by atoms with Gasteiger partial charge in [-0.1, -0.05) is 35.9 Å². The molecule has 0 aliphatic carbocycles. The normalized spacial score (nSPS) is 17.2. The molecular weight excluding hydrogens is 340 g/mol. The molecule has 0 aromatic heterocycles. The smallest absolute Gasteiger partial charge is 0.265 e. The van der Waals surface area contributed by atoms with E-state index in [1.165, 1.54) is 11.1 Å². The Morgan fingerprint density at radius 3 is 2.76 bits per heavy atom. The van der Waals surface area contributed by atoms with Crippen molar-refractivity contribution in [3.63, 3.8) is 0 Å². The lowest BCUT2D eigenvalue weighted by atomic mass is 9.88. The zero-order valence-electron chi connectivity index (χ0n) is 13.6. The number of imide groups is 1. The second kappa shape index (κ2) is 7.17. The largest absolute Gasteiger partial charge is 0.394 e. The van der Waals surface area contributed by atoms with Crippen LogP contribution in [0.3, 0.4) is 0 Å². The SMILES string of the molecule is Cc1ccc(Cl)cc1N1C(=O)c2ccccc2[C@H](C=NCCO)C1=O. The Labute approximate surface area is 150 Å². The molecule has 0 spiro atoms. The van der Waals surface area contributed by atoms with Crippen molar-refractivity contribution in [2.75, 3.05) is 18.1 Å². The maximum Gasteiger partial charge on any atom is 0.265 e. The Morgan fingerprint density at radius 1 is 1.24 bits per heavy atom. The van der Waals surface area contributed by atoms with Gasteiger partial charge in [-0.2, -0.15) is 0 Å². The summed E-state index contributed by atoms with van der Waals surface area (Å²) in [5.74, 6) is -1.44. The van der Waals surface area contributed by atoms with Gasteiger partial charge in [0.05, 0.1) is 24.8 Å². The predicted molar refractivity (Wildman–Crippen MR) is 97.6 cm³/mol. The van der Waals surface area contributed by atoms with Gasteiger partial charge in [-0.3, -0.25) is 14.6 Å². The summed E-state index contributed by atoms with van der Waals surface area (Å²) in [7, 11) is 0. The van der Waals surface area contributed by atoms with E-state index in [-0.39, 0.29) is 25.0 Å². The van der Waals surface area contributed by atoms with Crippen LogP contribution in [0.2, 0.25) is 5.02 Å². The van der Waals surface area contributed by atoms with Crippen LogP contribution in [0.25, 0.3) is 0 Å². The number of carbonyl (C=O) groups is 2. The molecule has 0 saturated carbocycles.